The number of amides is 1. The maximum atomic E-state index is 11.4. The van der Waals surface area contributed by atoms with Gasteiger partial charge in [-0.15, -0.1) is 0 Å². The molecule has 8 heteroatoms. The van der Waals surface area contributed by atoms with E-state index in [1.807, 2.05) is 19.9 Å². The quantitative estimate of drug-likeness (QED) is 0.720. The minimum absolute atomic E-state index is 0.0948. The lowest BCUT2D eigenvalue weighted by Crippen LogP contribution is -2.12. The lowest BCUT2D eigenvalue weighted by molar-refractivity contribution is 0.0996. The van der Waals surface area contributed by atoms with Gasteiger partial charge in [-0.25, -0.2) is 0 Å². The Balaban J connectivity index is 2.55. The molecule has 2 aromatic rings. The summed E-state index contributed by atoms with van der Waals surface area (Å²) < 4.78 is 12.1. The van der Waals surface area contributed by atoms with Crippen LogP contribution in [-0.2, 0) is 0 Å². The molecule has 7 nitrogen and oxygen atoms in total. The number of hydrogen-bond donors (Lipinski definition) is 2. The summed E-state index contributed by atoms with van der Waals surface area (Å²) in [4.78, 5) is 11.4. The van der Waals surface area contributed by atoms with Gasteiger partial charge in [0.1, 0.15) is 5.69 Å². The normalized spacial score (nSPS) is 10.4. The molecule has 1 aromatic heterocycles. The van der Waals surface area contributed by atoms with Gasteiger partial charge in [0.05, 0.1) is 16.8 Å². The second kappa shape index (κ2) is 6.74. The largest absolute Gasteiger partial charge is 0.490 e. The maximum absolute atomic E-state index is 11.4. The van der Waals surface area contributed by atoms with Crippen molar-refractivity contribution >= 4 is 28.5 Å². The highest BCUT2D eigenvalue weighted by molar-refractivity contribution is 14.1. The monoisotopic (exact) mass is 402 g/mol. The van der Waals surface area contributed by atoms with Crippen LogP contribution in [-0.4, -0.2) is 34.5 Å². The van der Waals surface area contributed by atoms with Gasteiger partial charge >= 0.3 is 0 Å². The molecule has 2 rings (SSSR count). The number of nitrogens with two attached hydrogens (primary N) is 1. The third-order valence-electron chi connectivity index (χ3n) is 2.65. The number of H-pyrrole nitrogens is 1. The first-order chi connectivity index (χ1) is 10.1. The summed E-state index contributed by atoms with van der Waals surface area (Å²) in [7, 11) is 0. The molecular weight excluding hydrogens is 387 g/mol. The Labute approximate surface area is 135 Å². The van der Waals surface area contributed by atoms with E-state index in [4.69, 9.17) is 15.2 Å². The predicted octanol–water partition coefficient (Wildman–Crippen LogP) is 1.97. The Morgan fingerprint density at radius 2 is 2.00 bits per heavy atom. The number of hydrogen-bond acceptors (Lipinski definition) is 5. The zero-order valence-corrected chi connectivity index (χ0v) is 13.8. The molecule has 0 bridgehead atoms. The molecule has 112 valence electrons. The molecule has 0 aliphatic rings. The SMILES string of the molecule is CCOc1cc(-c2n[nH]nc2C(N)=O)cc(I)c1OCC. The van der Waals surface area contributed by atoms with E-state index in [0.717, 1.165) is 3.57 Å². The van der Waals surface area contributed by atoms with Crippen LogP contribution in [0.3, 0.4) is 0 Å². The number of nitrogens with zero attached hydrogens (tertiary/aromatic N) is 2. The zero-order valence-electron chi connectivity index (χ0n) is 11.6. The Morgan fingerprint density at radius 1 is 1.29 bits per heavy atom. The Hall–Kier alpha value is -1.84. The van der Waals surface area contributed by atoms with Gasteiger partial charge in [0, 0.05) is 5.56 Å². The van der Waals surface area contributed by atoms with Crippen molar-refractivity contribution in [2.45, 2.75) is 13.8 Å². The molecule has 1 aromatic carbocycles. The molecule has 1 amide bonds. The number of rotatable bonds is 6. The van der Waals surface area contributed by atoms with Gasteiger partial charge in [-0.3, -0.25) is 4.79 Å². The van der Waals surface area contributed by atoms with E-state index in [0.29, 0.717) is 36.0 Å². The van der Waals surface area contributed by atoms with Crippen molar-refractivity contribution in [2.75, 3.05) is 13.2 Å². The fourth-order valence-corrected chi connectivity index (χ4v) is 2.61. The molecule has 0 unspecified atom stereocenters. The average Bonchev–Trinajstić information content (AvgIpc) is 2.92. The van der Waals surface area contributed by atoms with Crippen LogP contribution in [0.2, 0.25) is 0 Å². The minimum Gasteiger partial charge on any atom is -0.490 e. The first kappa shape index (κ1) is 15.5. The lowest BCUT2D eigenvalue weighted by atomic mass is 10.1. The standard InChI is InChI=1S/C13H15IN4O3/c1-3-20-9-6-7(5-8(14)12(9)21-4-2)10-11(13(15)19)17-18-16-10/h5-6H,3-4H2,1-2H3,(H2,15,19)(H,16,17,18). The fourth-order valence-electron chi connectivity index (χ4n) is 1.86. The molecule has 0 atom stereocenters. The summed E-state index contributed by atoms with van der Waals surface area (Å²) in [5, 5.41) is 10.2. The molecular formula is C13H15IN4O3. The van der Waals surface area contributed by atoms with Gasteiger partial charge in [0.15, 0.2) is 17.2 Å². The van der Waals surface area contributed by atoms with Crippen LogP contribution in [0, 0.1) is 3.57 Å². The van der Waals surface area contributed by atoms with E-state index in [1.165, 1.54) is 0 Å². The first-order valence-electron chi connectivity index (χ1n) is 6.38. The van der Waals surface area contributed by atoms with Gasteiger partial charge in [0.25, 0.3) is 5.91 Å². The molecule has 0 saturated carbocycles. The number of carbonyl (C=O) groups excluding carboxylic acids is 1. The summed E-state index contributed by atoms with van der Waals surface area (Å²) in [5.74, 6) is 0.632. The number of ether oxygens (including phenoxy) is 2. The van der Waals surface area contributed by atoms with E-state index >= 15 is 0 Å². The topological polar surface area (TPSA) is 103 Å². The van der Waals surface area contributed by atoms with Crippen LogP contribution in [0.4, 0.5) is 0 Å². The molecule has 3 N–H and O–H groups in total. The van der Waals surface area contributed by atoms with Crippen molar-refractivity contribution in [3.05, 3.63) is 21.4 Å². The van der Waals surface area contributed by atoms with E-state index in [9.17, 15) is 4.79 Å². The van der Waals surface area contributed by atoms with Gasteiger partial charge in [-0.2, -0.15) is 15.4 Å². The summed E-state index contributed by atoms with van der Waals surface area (Å²) in [6, 6.07) is 3.61. The van der Waals surface area contributed by atoms with Gasteiger partial charge in [-0.1, -0.05) is 0 Å². The third-order valence-corrected chi connectivity index (χ3v) is 3.45. The van der Waals surface area contributed by atoms with Crippen LogP contribution in [0.5, 0.6) is 11.5 Å². The number of primary amides is 1. The van der Waals surface area contributed by atoms with Crippen molar-refractivity contribution < 1.29 is 14.3 Å². The number of halogens is 1. The van der Waals surface area contributed by atoms with E-state index < -0.39 is 5.91 Å². The lowest BCUT2D eigenvalue weighted by Gasteiger charge is -2.14. The Morgan fingerprint density at radius 3 is 2.62 bits per heavy atom. The zero-order chi connectivity index (χ0) is 15.4. The van der Waals surface area contributed by atoms with Crippen LogP contribution in [0.15, 0.2) is 12.1 Å². The van der Waals surface area contributed by atoms with Crippen molar-refractivity contribution in [3.63, 3.8) is 0 Å². The van der Waals surface area contributed by atoms with Crippen molar-refractivity contribution in [3.8, 4) is 22.8 Å². The van der Waals surface area contributed by atoms with Crippen molar-refractivity contribution in [1.29, 1.82) is 0 Å². The summed E-state index contributed by atoms with van der Waals surface area (Å²) in [6.45, 7) is 4.83. The van der Waals surface area contributed by atoms with E-state index in [1.54, 1.807) is 6.07 Å². The Bertz CT molecular complexity index is 657. The molecule has 0 spiro atoms. The van der Waals surface area contributed by atoms with Crippen LogP contribution < -0.4 is 15.2 Å². The molecule has 0 aliphatic carbocycles. The number of aromatic amines is 1. The van der Waals surface area contributed by atoms with E-state index in [2.05, 4.69) is 38.0 Å². The summed E-state index contributed by atoms with van der Waals surface area (Å²) >= 11 is 2.15. The predicted molar refractivity (Wildman–Crippen MR) is 85.4 cm³/mol. The molecule has 21 heavy (non-hydrogen) atoms. The number of nitrogens with one attached hydrogen (secondary N) is 1. The molecule has 0 radical (unpaired) electrons. The van der Waals surface area contributed by atoms with Crippen LogP contribution in [0.25, 0.3) is 11.3 Å². The Kier molecular flexibility index (Phi) is 4.99. The second-order valence-electron chi connectivity index (χ2n) is 4.04. The van der Waals surface area contributed by atoms with Gasteiger partial charge in [0.2, 0.25) is 0 Å². The highest BCUT2D eigenvalue weighted by Gasteiger charge is 2.19. The number of carbonyl (C=O) groups is 1. The van der Waals surface area contributed by atoms with Gasteiger partial charge < -0.3 is 15.2 Å². The molecule has 1 heterocycles. The van der Waals surface area contributed by atoms with Crippen LogP contribution >= 0.6 is 22.6 Å². The smallest absolute Gasteiger partial charge is 0.271 e. The highest BCUT2D eigenvalue weighted by atomic mass is 127. The molecule has 0 aliphatic heterocycles. The second-order valence-corrected chi connectivity index (χ2v) is 5.20. The minimum atomic E-state index is -0.638. The summed E-state index contributed by atoms with van der Waals surface area (Å²) in [6.07, 6.45) is 0. The maximum Gasteiger partial charge on any atom is 0.271 e. The van der Waals surface area contributed by atoms with Crippen LogP contribution in [0.1, 0.15) is 24.3 Å². The van der Waals surface area contributed by atoms with Crippen molar-refractivity contribution in [1.82, 2.24) is 15.4 Å². The molecule has 0 saturated heterocycles. The van der Waals surface area contributed by atoms with Crippen molar-refractivity contribution in [2.24, 2.45) is 5.73 Å². The third kappa shape index (κ3) is 3.26. The highest BCUT2D eigenvalue weighted by Crippen LogP contribution is 2.37. The van der Waals surface area contributed by atoms with Gasteiger partial charge in [-0.05, 0) is 48.6 Å². The van der Waals surface area contributed by atoms with E-state index in [-0.39, 0.29) is 5.69 Å². The fraction of sp³-hybridized carbons (Fsp3) is 0.308. The number of aromatic nitrogens is 3. The number of benzene rings is 1. The molecule has 0 fully saturated rings. The summed E-state index contributed by atoms with van der Waals surface area (Å²) in [5.41, 5.74) is 6.47. The first-order valence-corrected chi connectivity index (χ1v) is 7.46. The average molecular weight is 402 g/mol.